The van der Waals surface area contributed by atoms with Crippen LogP contribution in [0.25, 0.3) is 22.3 Å². The lowest BCUT2D eigenvalue weighted by atomic mass is 9.99. The monoisotopic (exact) mass is 2000 g/mol. The Labute approximate surface area is 881 Å². The number of phenolic OH excluding ortho intramolecular Hbond substituents is 2. The van der Waals surface area contributed by atoms with Crippen LogP contribution in [0.2, 0.25) is 0 Å². The van der Waals surface area contributed by atoms with E-state index in [4.69, 9.17) is 24.7 Å². The van der Waals surface area contributed by atoms with Gasteiger partial charge in [0.2, 0.25) is 23.6 Å². The molecule has 0 spiro atoms. The van der Waals surface area contributed by atoms with E-state index in [0.717, 1.165) is 203 Å². The highest BCUT2D eigenvalue weighted by atomic mass is 16.6. The van der Waals surface area contributed by atoms with Crippen LogP contribution in [0.1, 0.15) is 241 Å². The third-order valence-electron chi connectivity index (χ3n) is 25.6. The maximum absolute atomic E-state index is 14.1. The molecule has 149 heavy (non-hydrogen) atoms. The lowest BCUT2D eigenvalue weighted by Gasteiger charge is -2.28. The number of nitrogens with one attached hydrogen (secondary N) is 5. The zero-order valence-corrected chi connectivity index (χ0v) is 87.8. The Morgan fingerprint density at radius 2 is 0.631 bits per heavy atom. The van der Waals surface area contributed by atoms with Gasteiger partial charge in [-0.05, 0) is 219 Å². The number of carbonyl (C=O) groups is 5. The number of carbonyl (C=O) groups excluding carboxylic acids is 5. The molecule has 0 saturated heterocycles. The fourth-order valence-electron chi connectivity index (χ4n) is 18.1. The number of phenols is 2. The number of rotatable bonds is 56. The zero-order valence-electron chi connectivity index (χ0n) is 87.8. The van der Waals surface area contributed by atoms with Crippen LogP contribution in [-0.2, 0) is 128 Å². The van der Waals surface area contributed by atoms with Crippen molar-refractivity contribution in [3.05, 3.63) is 406 Å². The Morgan fingerprint density at radius 3 is 0.993 bits per heavy atom. The molecule has 0 bridgehead atoms. The van der Waals surface area contributed by atoms with Crippen molar-refractivity contribution in [3.63, 3.8) is 0 Å². The van der Waals surface area contributed by atoms with Gasteiger partial charge in [-0.1, -0.05) is 273 Å². The second kappa shape index (κ2) is 59.9. The van der Waals surface area contributed by atoms with Gasteiger partial charge in [0, 0.05) is 182 Å². The first kappa shape index (κ1) is 111. The molecule has 8 aromatic carbocycles. The number of hydrogen-bond donors (Lipinski definition) is 7. The molecule has 0 atom stereocenters. The molecule has 0 radical (unpaired) electrons. The van der Waals surface area contributed by atoms with E-state index in [9.17, 15) is 34.2 Å². The van der Waals surface area contributed by atoms with Gasteiger partial charge in [-0.3, -0.25) is 58.7 Å². The van der Waals surface area contributed by atoms with E-state index in [-0.39, 0.29) is 35.1 Å². The minimum Gasteiger partial charge on any atom is -0.507 e. The lowest BCUT2D eigenvalue weighted by Crippen LogP contribution is -2.37. The smallest absolute Gasteiger partial charge is 0.410 e. The molecule has 14 rings (SSSR count). The number of ether oxygens (including phenoxy) is 1. The van der Waals surface area contributed by atoms with E-state index < -0.39 is 11.7 Å². The van der Waals surface area contributed by atoms with Crippen molar-refractivity contribution in [2.45, 2.75) is 261 Å². The molecule has 0 aliphatic rings. The summed E-state index contributed by atoms with van der Waals surface area (Å²) in [7, 11) is 0. The summed E-state index contributed by atoms with van der Waals surface area (Å²) in [5, 5.41) is 41.0. The van der Waals surface area contributed by atoms with E-state index in [1.165, 1.54) is 16.7 Å². The maximum Gasteiger partial charge on any atom is 0.410 e. The van der Waals surface area contributed by atoms with Gasteiger partial charge < -0.3 is 46.4 Å². The molecule has 14 aromatic rings. The van der Waals surface area contributed by atoms with Crippen molar-refractivity contribution in [1.82, 2.24) is 59.7 Å². The largest absolute Gasteiger partial charge is 0.507 e. The molecule has 5 amide bonds. The highest BCUT2D eigenvalue weighted by molar-refractivity contribution is 5.92. The van der Waals surface area contributed by atoms with Gasteiger partial charge in [0.05, 0.1) is 34.2 Å². The predicted octanol–water partition coefficient (Wildman–Crippen LogP) is 25.7. The quantitative estimate of drug-likeness (QED) is 0.0174. The summed E-state index contributed by atoms with van der Waals surface area (Å²) in [4.78, 5) is 105. The van der Waals surface area contributed by atoms with Gasteiger partial charge >= 0.3 is 6.09 Å². The Kier molecular flexibility index (Phi) is 44.8. The van der Waals surface area contributed by atoms with Crippen LogP contribution in [0.4, 0.5) is 27.8 Å². The van der Waals surface area contributed by atoms with Gasteiger partial charge in [-0.15, -0.1) is 0 Å². The summed E-state index contributed by atoms with van der Waals surface area (Å²) >= 11 is 0. The Bertz CT molecular complexity index is 6170. The van der Waals surface area contributed by atoms with Crippen molar-refractivity contribution < 1.29 is 38.9 Å². The summed E-state index contributed by atoms with van der Waals surface area (Å²) in [6.07, 6.45) is 21.4. The van der Waals surface area contributed by atoms with Crippen molar-refractivity contribution in [1.29, 1.82) is 0 Å². The van der Waals surface area contributed by atoms with Crippen molar-refractivity contribution >= 4 is 52.7 Å². The fraction of sp³-hybridized carbons (Fsp3) is 0.336. The van der Waals surface area contributed by atoms with Gasteiger partial charge in [0.15, 0.2) is 0 Å². The van der Waals surface area contributed by atoms with Crippen molar-refractivity contribution in [2.24, 2.45) is 0 Å². The number of amides is 5. The van der Waals surface area contributed by atoms with E-state index in [0.29, 0.717) is 135 Å². The van der Waals surface area contributed by atoms with Gasteiger partial charge in [-0.25, -0.2) is 14.8 Å². The molecular weight excluding hydrogens is 1850 g/mol. The second-order valence-corrected chi connectivity index (χ2v) is 39.5. The summed E-state index contributed by atoms with van der Waals surface area (Å²) in [6.45, 7) is 21.7. The molecule has 6 aromatic heterocycles. The summed E-state index contributed by atoms with van der Waals surface area (Å²) in [6, 6.07) is 97.0. The van der Waals surface area contributed by atoms with Crippen LogP contribution in [0, 0.1) is 0 Å². The molecule has 0 saturated carbocycles. The molecule has 0 aliphatic heterocycles. The van der Waals surface area contributed by atoms with Crippen molar-refractivity contribution in [2.75, 3.05) is 34.4 Å². The zero-order chi connectivity index (χ0) is 105. The summed E-state index contributed by atoms with van der Waals surface area (Å²) in [5.41, 5.74) is 19.7. The van der Waals surface area contributed by atoms with E-state index in [1.807, 2.05) is 191 Å². The predicted molar refractivity (Wildman–Crippen MR) is 597 cm³/mol. The van der Waals surface area contributed by atoms with Crippen LogP contribution in [0.15, 0.2) is 316 Å². The first-order valence-corrected chi connectivity index (χ1v) is 53.0. The Balaban J connectivity index is 0.000000250. The lowest BCUT2D eigenvalue weighted by molar-refractivity contribution is -0.117. The van der Waals surface area contributed by atoms with Crippen LogP contribution >= 0.6 is 0 Å². The number of hydrogen-bond acceptors (Lipinski definition) is 19. The molecule has 0 unspecified atom stereocenters. The van der Waals surface area contributed by atoms with Gasteiger partial charge in [0.25, 0.3) is 0 Å². The molecule has 24 nitrogen and oxygen atoms in total. The number of unbranched alkanes of at least 4 members (excludes halogenated alkanes) is 8. The average molecular weight is 2000 g/mol. The summed E-state index contributed by atoms with van der Waals surface area (Å²) in [5.74, 6) is 1.37. The van der Waals surface area contributed by atoms with E-state index >= 15 is 0 Å². The first-order valence-electron chi connectivity index (χ1n) is 53.0. The Morgan fingerprint density at radius 1 is 0.302 bits per heavy atom. The number of aromatic hydroxyl groups is 2. The van der Waals surface area contributed by atoms with E-state index in [1.54, 1.807) is 29.7 Å². The standard InChI is InChI=1S/C66H79N7O5.C59H69N9O3/c1-6-8-11-29-62(74)69-58-27-19-21-52(41-58)43-71(48-60-25-15-17-36-67-60)46-56-39-51(35-38-73(65(77)78-66(3,4)5)45-50-31-33-55(34-32-50)54-23-13-10-14-24-54)40-57(64(56)76)47-72(49-61-26-16-18-37-68-61)44-53-22-20-28-59(42-53)70-63(75)30-12-9-7-2;1-3-5-8-26-57(69)65-55-24-16-22-53(63-55)43-67(41-51-20-12-14-33-61-51)39-49-36-46(32-35-60-38-45-28-30-48(31-29-45)47-18-10-7-11-19-47)37-50(59(49)71)40-68(42-52-21-13-15-34-62-52)44-54-23-17-25-56(64-54)66-58(70)27-9-6-4-2/h10,13-28,31-34,36-37,39-42,76H,6-9,11-12,29-30,35,38,43-49H2,1-5H3,(H,69,74)(H,70,75);7,10-25,28-31,33-34,36-37,60,71H,3-6,8-9,26-27,32,35,38-44H2,1-2H3,(H,63,65,69)(H,64,66,70). The van der Waals surface area contributed by atoms with E-state index in [2.05, 4.69) is 205 Å². The first-order chi connectivity index (χ1) is 72.6. The molecule has 0 fully saturated rings. The molecule has 7 N–H and O–H groups in total. The fourth-order valence-corrected chi connectivity index (χ4v) is 18.1. The van der Waals surface area contributed by atoms with Crippen LogP contribution < -0.4 is 26.6 Å². The molecule has 776 valence electrons. The second-order valence-electron chi connectivity index (χ2n) is 39.5. The number of aromatic nitrogens is 6. The average Bonchev–Trinajstić information content (AvgIpc) is 0.811. The SMILES string of the molecule is CCCCCC(=O)Nc1cccc(CN(Cc2ccccn2)Cc2cc(CCN(Cc3ccc(-c4ccccc4)cc3)C(=O)OC(C)(C)C)cc(CN(Cc3cccc(NC(=O)CCCCC)c3)Cc3ccccn3)c2O)c1.CCCCCC(=O)Nc1cccc(CN(Cc2ccccn2)Cc2cc(CCNCc3ccc(-c4ccccc4)cc3)cc(CN(Cc3ccccn3)Cc3cccc(NC(=O)CCCCC)n3)c2O)n1. The molecule has 0 aliphatic carbocycles. The minimum atomic E-state index is -0.709. The van der Waals surface area contributed by atoms with Gasteiger partial charge in [0.1, 0.15) is 28.7 Å². The minimum absolute atomic E-state index is 0.000717. The molecule has 6 heterocycles. The topological polar surface area (TPSA) is 289 Å². The third kappa shape index (κ3) is 39.1. The summed E-state index contributed by atoms with van der Waals surface area (Å²) < 4.78 is 6.03. The number of anilines is 4. The number of benzene rings is 8. The number of pyridine rings is 6. The normalized spacial score (nSPS) is 11.3. The molecule has 24 heteroatoms. The highest BCUT2D eigenvalue weighted by Gasteiger charge is 2.27. The van der Waals surface area contributed by atoms with Gasteiger partial charge in [-0.2, -0.15) is 0 Å². The maximum atomic E-state index is 14.1. The third-order valence-corrected chi connectivity index (χ3v) is 25.6. The molecular formula is C125H148N16O8. The highest BCUT2D eigenvalue weighted by Crippen LogP contribution is 2.35. The van der Waals surface area contributed by atoms with Crippen LogP contribution in [0.3, 0.4) is 0 Å². The Hall–Kier alpha value is -14.8. The van der Waals surface area contributed by atoms with Crippen LogP contribution in [0.5, 0.6) is 11.5 Å². The van der Waals surface area contributed by atoms with Crippen LogP contribution in [-0.4, -0.2) is 113 Å². The van der Waals surface area contributed by atoms with Crippen molar-refractivity contribution in [3.8, 4) is 33.8 Å². The number of nitrogens with zero attached hydrogens (tertiary/aromatic N) is 11.